The fourth-order valence-electron chi connectivity index (χ4n) is 2.68. The van der Waals surface area contributed by atoms with E-state index in [1.165, 1.54) is 0 Å². The molecule has 6 nitrogen and oxygen atoms in total. The van der Waals surface area contributed by atoms with Gasteiger partial charge in [-0.15, -0.1) is 0 Å². The van der Waals surface area contributed by atoms with Gasteiger partial charge < -0.3 is 15.5 Å². The van der Waals surface area contributed by atoms with Gasteiger partial charge in [-0.2, -0.15) is 0 Å². The van der Waals surface area contributed by atoms with E-state index in [9.17, 15) is 15.0 Å². The Hall–Kier alpha value is -1.63. The Kier molecular flexibility index (Phi) is 6.18. The van der Waals surface area contributed by atoms with Crippen LogP contribution in [-0.2, 0) is 4.79 Å². The second-order valence-electron chi connectivity index (χ2n) is 5.72. The standard InChI is InChI=1S/C16H25N3O3/c1-2-3-6-11(10-20)17-16(22)14-9-13(18-19-14)12-7-4-5-8-15(12)21/h4-5,7-8,11,13-14,18-21H,2-3,6,9-10H2,1H3,(H,17,22). The predicted molar refractivity (Wildman–Crippen MR) is 84.1 cm³/mol. The highest BCUT2D eigenvalue weighted by molar-refractivity contribution is 5.82. The van der Waals surface area contributed by atoms with Crippen LogP contribution in [0.2, 0.25) is 0 Å². The molecule has 2 rings (SSSR count). The molecule has 0 bridgehead atoms. The highest BCUT2D eigenvalue weighted by Crippen LogP contribution is 2.29. The van der Waals surface area contributed by atoms with E-state index >= 15 is 0 Å². The molecule has 1 amide bonds. The molecule has 0 aromatic heterocycles. The number of aromatic hydroxyl groups is 1. The maximum absolute atomic E-state index is 12.3. The molecular weight excluding hydrogens is 282 g/mol. The normalized spacial score (nSPS) is 22.5. The third-order valence-electron chi connectivity index (χ3n) is 4.00. The van der Waals surface area contributed by atoms with E-state index in [1.807, 2.05) is 12.1 Å². The number of benzene rings is 1. The van der Waals surface area contributed by atoms with Crippen molar-refractivity contribution >= 4 is 5.91 Å². The minimum Gasteiger partial charge on any atom is -0.508 e. The Morgan fingerprint density at radius 2 is 2.18 bits per heavy atom. The second-order valence-corrected chi connectivity index (χ2v) is 5.72. The number of hydrogen-bond donors (Lipinski definition) is 5. The fraction of sp³-hybridized carbons (Fsp3) is 0.562. The third kappa shape index (κ3) is 4.19. The van der Waals surface area contributed by atoms with Crippen LogP contribution < -0.4 is 16.2 Å². The van der Waals surface area contributed by atoms with Crippen LogP contribution in [0.1, 0.15) is 44.2 Å². The first-order chi connectivity index (χ1) is 10.7. The molecule has 3 atom stereocenters. The molecule has 1 aromatic carbocycles. The summed E-state index contributed by atoms with van der Waals surface area (Å²) in [5.74, 6) is 0.0969. The first-order valence-electron chi connectivity index (χ1n) is 7.85. The lowest BCUT2D eigenvalue weighted by Crippen LogP contribution is -2.48. The molecule has 22 heavy (non-hydrogen) atoms. The summed E-state index contributed by atoms with van der Waals surface area (Å²) in [5, 5.41) is 22.1. The van der Waals surface area contributed by atoms with E-state index < -0.39 is 0 Å². The number of phenolic OH excluding ortho intramolecular Hbond substituents is 1. The van der Waals surface area contributed by atoms with Gasteiger partial charge in [0.25, 0.3) is 0 Å². The molecular formula is C16H25N3O3. The average molecular weight is 307 g/mol. The van der Waals surface area contributed by atoms with E-state index in [-0.39, 0.29) is 36.4 Å². The fourth-order valence-corrected chi connectivity index (χ4v) is 2.68. The molecule has 1 heterocycles. The van der Waals surface area contributed by atoms with Gasteiger partial charge in [0.05, 0.1) is 18.7 Å². The quantitative estimate of drug-likeness (QED) is 0.517. The number of hydrazine groups is 1. The van der Waals surface area contributed by atoms with Gasteiger partial charge in [-0.05, 0) is 18.9 Å². The maximum Gasteiger partial charge on any atom is 0.238 e. The van der Waals surface area contributed by atoms with Crippen LogP contribution in [0.15, 0.2) is 24.3 Å². The Morgan fingerprint density at radius 1 is 1.41 bits per heavy atom. The van der Waals surface area contributed by atoms with Gasteiger partial charge in [-0.25, -0.2) is 10.9 Å². The van der Waals surface area contributed by atoms with Crippen LogP contribution in [0.25, 0.3) is 0 Å². The Labute approximate surface area is 130 Å². The third-order valence-corrected chi connectivity index (χ3v) is 4.00. The average Bonchev–Trinajstić information content (AvgIpc) is 3.01. The lowest BCUT2D eigenvalue weighted by molar-refractivity contribution is -0.124. The number of carbonyl (C=O) groups excluding carboxylic acids is 1. The molecule has 1 aromatic rings. The molecule has 1 fully saturated rings. The van der Waals surface area contributed by atoms with Gasteiger partial charge in [-0.1, -0.05) is 38.0 Å². The zero-order chi connectivity index (χ0) is 15.9. The number of carbonyl (C=O) groups is 1. The molecule has 0 radical (unpaired) electrons. The number of aliphatic hydroxyl groups excluding tert-OH is 1. The van der Waals surface area contributed by atoms with Crippen molar-refractivity contribution in [1.29, 1.82) is 0 Å². The van der Waals surface area contributed by atoms with Crippen molar-refractivity contribution in [3.05, 3.63) is 29.8 Å². The first-order valence-corrected chi connectivity index (χ1v) is 7.85. The number of hydrogen-bond acceptors (Lipinski definition) is 5. The molecule has 1 aliphatic heterocycles. The van der Waals surface area contributed by atoms with E-state index in [2.05, 4.69) is 23.1 Å². The van der Waals surface area contributed by atoms with E-state index in [0.717, 1.165) is 24.8 Å². The number of unbranched alkanes of at least 4 members (excludes halogenated alkanes) is 1. The Bertz CT molecular complexity index is 495. The number of para-hydroxylation sites is 1. The highest BCUT2D eigenvalue weighted by atomic mass is 16.3. The van der Waals surface area contributed by atoms with Crippen LogP contribution >= 0.6 is 0 Å². The van der Waals surface area contributed by atoms with Crippen LogP contribution in [0.5, 0.6) is 5.75 Å². The van der Waals surface area contributed by atoms with Crippen molar-refractivity contribution in [2.75, 3.05) is 6.61 Å². The van der Waals surface area contributed by atoms with Gasteiger partial charge in [0.2, 0.25) is 5.91 Å². The van der Waals surface area contributed by atoms with Crippen molar-refractivity contribution < 1.29 is 15.0 Å². The monoisotopic (exact) mass is 307 g/mol. The number of nitrogens with one attached hydrogen (secondary N) is 3. The molecule has 0 spiro atoms. The number of rotatable bonds is 7. The number of amides is 1. The van der Waals surface area contributed by atoms with Crippen molar-refractivity contribution in [1.82, 2.24) is 16.2 Å². The van der Waals surface area contributed by atoms with Crippen molar-refractivity contribution in [3.8, 4) is 5.75 Å². The lowest BCUT2D eigenvalue weighted by atomic mass is 10.0. The number of phenols is 1. The molecule has 122 valence electrons. The van der Waals surface area contributed by atoms with E-state index in [0.29, 0.717) is 6.42 Å². The molecule has 5 N–H and O–H groups in total. The summed E-state index contributed by atoms with van der Waals surface area (Å²) in [4.78, 5) is 12.3. The molecule has 1 aliphatic rings. The largest absolute Gasteiger partial charge is 0.508 e. The summed E-state index contributed by atoms with van der Waals surface area (Å²) in [6, 6.07) is 6.42. The second kappa shape index (κ2) is 8.12. The van der Waals surface area contributed by atoms with Crippen molar-refractivity contribution in [2.24, 2.45) is 0 Å². The minimum absolute atomic E-state index is 0.0468. The van der Waals surface area contributed by atoms with Crippen molar-refractivity contribution in [2.45, 2.75) is 50.7 Å². The first kappa shape index (κ1) is 16.7. The zero-order valence-electron chi connectivity index (χ0n) is 12.9. The van der Waals surface area contributed by atoms with Gasteiger partial charge in [0.15, 0.2) is 0 Å². The van der Waals surface area contributed by atoms with Crippen LogP contribution in [0.4, 0.5) is 0 Å². The van der Waals surface area contributed by atoms with Gasteiger partial charge in [0.1, 0.15) is 11.8 Å². The lowest BCUT2D eigenvalue weighted by Gasteiger charge is -2.18. The number of aliphatic hydroxyl groups is 1. The summed E-state index contributed by atoms with van der Waals surface area (Å²) in [7, 11) is 0. The van der Waals surface area contributed by atoms with E-state index in [1.54, 1.807) is 12.1 Å². The van der Waals surface area contributed by atoms with Crippen LogP contribution in [-0.4, -0.2) is 34.8 Å². The summed E-state index contributed by atoms with van der Waals surface area (Å²) >= 11 is 0. The molecule has 6 heteroatoms. The van der Waals surface area contributed by atoms with Gasteiger partial charge in [-0.3, -0.25) is 4.79 Å². The summed E-state index contributed by atoms with van der Waals surface area (Å²) in [6.07, 6.45) is 3.34. The summed E-state index contributed by atoms with van der Waals surface area (Å²) < 4.78 is 0. The van der Waals surface area contributed by atoms with Gasteiger partial charge >= 0.3 is 0 Å². The topological polar surface area (TPSA) is 93.6 Å². The molecule has 0 aliphatic carbocycles. The Balaban J connectivity index is 1.89. The highest BCUT2D eigenvalue weighted by Gasteiger charge is 2.31. The summed E-state index contributed by atoms with van der Waals surface area (Å²) in [5.41, 5.74) is 6.78. The molecule has 0 saturated carbocycles. The van der Waals surface area contributed by atoms with Gasteiger partial charge in [0, 0.05) is 5.56 Å². The Morgan fingerprint density at radius 3 is 2.86 bits per heavy atom. The maximum atomic E-state index is 12.3. The smallest absolute Gasteiger partial charge is 0.238 e. The van der Waals surface area contributed by atoms with Crippen LogP contribution in [0.3, 0.4) is 0 Å². The zero-order valence-corrected chi connectivity index (χ0v) is 12.9. The SMILES string of the molecule is CCCCC(CO)NC(=O)C1CC(c2ccccc2O)NN1. The van der Waals surface area contributed by atoms with Crippen LogP contribution in [0, 0.1) is 0 Å². The predicted octanol–water partition coefficient (Wildman–Crippen LogP) is 0.967. The minimum atomic E-state index is -0.375. The molecule has 3 unspecified atom stereocenters. The van der Waals surface area contributed by atoms with E-state index in [4.69, 9.17) is 0 Å². The molecule has 1 saturated heterocycles. The summed E-state index contributed by atoms with van der Waals surface area (Å²) in [6.45, 7) is 2.03. The van der Waals surface area contributed by atoms with Crippen molar-refractivity contribution in [3.63, 3.8) is 0 Å².